The Balaban J connectivity index is 1.50. The Labute approximate surface area is 201 Å². The van der Waals surface area contributed by atoms with Crippen molar-refractivity contribution in [2.45, 2.75) is 12.5 Å². The largest absolute Gasteiger partial charge is 0.497 e. The van der Waals surface area contributed by atoms with Crippen molar-refractivity contribution in [2.24, 2.45) is 4.99 Å². The number of rotatable bonds is 6. The van der Waals surface area contributed by atoms with E-state index in [2.05, 4.69) is 82.1 Å². The molecule has 0 amide bonds. The average Bonchev–Trinajstić information content (AvgIpc) is 2.83. The van der Waals surface area contributed by atoms with Gasteiger partial charge in [-0.15, -0.1) is 0 Å². The molecule has 1 fully saturated rings. The number of halogens is 1. The molecule has 0 bridgehead atoms. The number of benzene rings is 4. The Bertz CT molecular complexity index is 1250. The molecule has 0 aromatic heterocycles. The van der Waals surface area contributed by atoms with Crippen LogP contribution in [-0.4, -0.2) is 17.6 Å². The standard InChI is InChI=1S/C27H23IN2O2/c1-31-24-12-8-22(9-13-24)29-27-17-26(21-7-6-19-4-2-3-5-20(19)16-21)30(27)23-10-14-25(15-11-23)32-18-28/h2-16,26H,17-18H2,1H3/b29-27+. The first-order chi connectivity index (χ1) is 15.7. The summed E-state index contributed by atoms with van der Waals surface area (Å²) in [6.45, 7) is 0. The first-order valence-electron chi connectivity index (χ1n) is 10.5. The van der Waals surface area contributed by atoms with Gasteiger partial charge in [-0.05, 0) is 93.5 Å². The van der Waals surface area contributed by atoms with E-state index in [1.165, 1.54) is 16.3 Å². The second-order valence-electron chi connectivity index (χ2n) is 7.67. The molecule has 4 aromatic carbocycles. The molecule has 1 atom stereocenters. The predicted molar refractivity (Wildman–Crippen MR) is 140 cm³/mol. The summed E-state index contributed by atoms with van der Waals surface area (Å²) in [5.74, 6) is 2.76. The Morgan fingerprint density at radius 1 is 0.875 bits per heavy atom. The van der Waals surface area contributed by atoms with Crippen molar-refractivity contribution < 1.29 is 9.47 Å². The molecule has 0 saturated carbocycles. The highest BCUT2D eigenvalue weighted by molar-refractivity contribution is 14.1. The van der Waals surface area contributed by atoms with E-state index in [-0.39, 0.29) is 6.04 Å². The van der Waals surface area contributed by atoms with Gasteiger partial charge in [0.15, 0.2) is 0 Å². The monoisotopic (exact) mass is 534 g/mol. The lowest BCUT2D eigenvalue weighted by Gasteiger charge is -2.44. The molecule has 32 heavy (non-hydrogen) atoms. The van der Waals surface area contributed by atoms with Crippen LogP contribution in [0.3, 0.4) is 0 Å². The molecule has 1 unspecified atom stereocenters. The number of methoxy groups -OCH3 is 1. The zero-order chi connectivity index (χ0) is 21.9. The number of alkyl halides is 1. The fraction of sp³-hybridized carbons (Fsp3) is 0.148. The minimum absolute atomic E-state index is 0.243. The normalized spacial score (nSPS) is 16.8. The summed E-state index contributed by atoms with van der Waals surface area (Å²) in [6, 6.07) is 31.6. The summed E-state index contributed by atoms with van der Waals surface area (Å²) in [4.78, 5) is 7.27. The first-order valence-corrected chi connectivity index (χ1v) is 12.1. The van der Waals surface area contributed by atoms with Crippen LogP contribution in [0.15, 0.2) is 96.0 Å². The van der Waals surface area contributed by atoms with Crippen LogP contribution in [0.25, 0.3) is 10.8 Å². The van der Waals surface area contributed by atoms with Crippen molar-refractivity contribution in [2.75, 3.05) is 16.6 Å². The van der Waals surface area contributed by atoms with Crippen molar-refractivity contribution in [3.63, 3.8) is 0 Å². The summed E-state index contributed by atoms with van der Waals surface area (Å²) in [5, 5.41) is 2.52. The second-order valence-corrected chi connectivity index (χ2v) is 8.29. The number of hydrogen-bond donors (Lipinski definition) is 0. The molecule has 1 heterocycles. The maximum Gasteiger partial charge on any atom is 0.139 e. The molecule has 0 spiro atoms. The molecule has 4 nitrogen and oxygen atoms in total. The van der Waals surface area contributed by atoms with E-state index in [1.807, 2.05) is 36.4 Å². The van der Waals surface area contributed by atoms with E-state index < -0.39 is 0 Å². The molecule has 5 heteroatoms. The number of hydrogen-bond acceptors (Lipinski definition) is 3. The Hall–Kier alpha value is -3.06. The van der Waals surface area contributed by atoms with E-state index in [0.29, 0.717) is 4.61 Å². The fourth-order valence-corrected chi connectivity index (χ4v) is 4.47. The molecule has 1 saturated heterocycles. The van der Waals surface area contributed by atoms with E-state index in [4.69, 9.17) is 14.5 Å². The van der Waals surface area contributed by atoms with Crippen LogP contribution in [-0.2, 0) is 0 Å². The smallest absolute Gasteiger partial charge is 0.139 e. The topological polar surface area (TPSA) is 34.1 Å². The molecule has 4 aromatic rings. The summed E-state index contributed by atoms with van der Waals surface area (Å²) >= 11 is 2.21. The van der Waals surface area contributed by atoms with Crippen LogP contribution < -0.4 is 14.4 Å². The van der Waals surface area contributed by atoms with Gasteiger partial charge in [0, 0.05) is 12.1 Å². The molecule has 0 aliphatic carbocycles. The number of anilines is 1. The maximum absolute atomic E-state index is 5.62. The van der Waals surface area contributed by atoms with Crippen molar-refractivity contribution in [3.8, 4) is 11.5 Å². The summed E-state index contributed by atoms with van der Waals surface area (Å²) in [6.07, 6.45) is 0.885. The van der Waals surface area contributed by atoms with Crippen LogP contribution in [0.5, 0.6) is 11.5 Å². The predicted octanol–water partition coefficient (Wildman–Crippen LogP) is 7.30. The Morgan fingerprint density at radius 2 is 1.59 bits per heavy atom. The van der Waals surface area contributed by atoms with Gasteiger partial charge < -0.3 is 14.4 Å². The summed E-state index contributed by atoms with van der Waals surface area (Å²) in [7, 11) is 1.67. The molecule has 0 N–H and O–H groups in total. The van der Waals surface area contributed by atoms with Gasteiger partial charge in [-0.2, -0.15) is 0 Å². The molecule has 160 valence electrons. The number of ether oxygens (including phenoxy) is 2. The lowest BCUT2D eigenvalue weighted by molar-refractivity contribution is 0.404. The zero-order valence-electron chi connectivity index (χ0n) is 17.7. The highest BCUT2D eigenvalue weighted by Crippen LogP contribution is 2.42. The SMILES string of the molecule is COc1ccc(/N=C2\CC(c3ccc4ccccc4c3)N2c2ccc(OCI)cc2)cc1. The van der Waals surface area contributed by atoms with Crippen LogP contribution in [0.4, 0.5) is 11.4 Å². The zero-order valence-corrected chi connectivity index (χ0v) is 19.9. The van der Waals surface area contributed by atoms with E-state index in [9.17, 15) is 0 Å². The van der Waals surface area contributed by atoms with Gasteiger partial charge in [-0.25, -0.2) is 4.99 Å². The Kier molecular flexibility index (Phi) is 5.99. The number of fused-ring (bicyclic) bond motifs is 1. The van der Waals surface area contributed by atoms with E-state index in [1.54, 1.807) is 7.11 Å². The minimum Gasteiger partial charge on any atom is -0.497 e. The Morgan fingerprint density at radius 3 is 2.31 bits per heavy atom. The average molecular weight is 534 g/mol. The summed E-state index contributed by atoms with van der Waals surface area (Å²) < 4.78 is 11.5. The second kappa shape index (κ2) is 9.20. The molecular weight excluding hydrogens is 511 g/mol. The van der Waals surface area contributed by atoms with E-state index >= 15 is 0 Å². The van der Waals surface area contributed by atoms with Gasteiger partial charge in [0.25, 0.3) is 0 Å². The van der Waals surface area contributed by atoms with Crippen molar-refractivity contribution in [3.05, 3.63) is 96.6 Å². The lowest BCUT2D eigenvalue weighted by atomic mass is 9.91. The highest BCUT2D eigenvalue weighted by Gasteiger charge is 2.36. The highest BCUT2D eigenvalue weighted by atomic mass is 127. The van der Waals surface area contributed by atoms with Crippen molar-refractivity contribution in [1.82, 2.24) is 0 Å². The van der Waals surface area contributed by atoms with Gasteiger partial charge in [0.2, 0.25) is 0 Å². The van der Waals surface area contributed by atoms with Gasteiger partial charge in [0.05, 0.1) is 18.8 Å². The van der Waals surface area contributed by atoms with Crippen LogP contribution in [0, 0.1) is 0 Å². The number of aliphatic imine (C=N–C) groups is 1. The number of nitrogens with zero attached hydrogens (tertiary/aromatic N) is 2. The lowest BCUT2D eigenvalue weighted by Crippen LogP contribution is -2.46. The van der Waals surface area contributed by atoms with Gasteiger partial charge in [-0.3, -0.25) is 0 Å². The fourth-order valence-electron chi connectivity index (χ4n) is 4.11. The van der Waals surface area contributed by atoms with E-state index in [0.717, 1.165) is 35.1 Å². The first kappa shape index (κ1) is 20.8. The third-order valence-corrected chi connectivity index (χ3v) is 6.10. The van der Waals surface area contributed by atoms with Crippen LogP contribution >= 0.6 is 22.6 Å². The quantitative estimate of drug-likeness (QED) is 0.192. The number of amidine groups is 1. The summed E-state index contributed by atoms with van der Waals surface area (Å²) in [5.41, 5.74) is 3.33. The third kappa shape index (κ3) is 4.17. The molecule has 1 aliphatic rings. The molecule has 0 radical (unpaired) electrons. The van der Waals surface area contributed by atoms with Crippen LogP contribution in [0.1, 0.15) is 18.0 Å². The van der Waals surface area contributed by atoms with Crippen molar-refractivity contribution >= 4 is 50.6 Å². The van der Waals surface area contributed by atoms with Gasteiger partial charge >= 0.3 is 0 Å². The molecule has 5 rings (SSSR count). The van der Waals surface area contributed by atoms with Gasteiger partial charge in [-0.1, -0.05) is 36.4 Å². The minimum atomic E-state index is 0.243. The molecule has 1 aliphatic heterocycles. The molecular formula is C27H23IN2O2. The van der Waals surface area contributed by atoms with Crippen LogP contribution in [0.2, 0.25) is 0 Å². The third-order valence-electron chi connectivity index (χ3n) is 5.79. The maximum atomic E-state index is 5.62. The van der Waals surface area contributed by atoms with Gasteiger partial charge in [0.1, 0.15) is 21.9 Å². The van der Waals surface area contributed by atoms with Crippen molar-refractivity contribution in [1.29, 1.82) is 0 Å².